The van der Waals surface area contributed by atoms with Gasteiger partial charge in [-0.2, -0.15) is 0 Å². The van der Waals surface area contributed by atoms with E-state index in [-0.39, 0.29) is 16.5 Å². The number of hydrogen-bond donors (Lipinski definition) is 2. The van der Waals surface area contributed by atoms with Crippen LogP contribution in [-0.2, 0) is 16.4 Å². The number of carbonyl (C=O) groups excluding carboxylic acids is 1. The molecule has 23 heavy (non-hydrogen) atoms. The Bertz CT molecular complexity index is 902. The van der Waals surface area contributed by atoms with Crippen molar-refractivity contribution in [2.24, 2.45) is 10.1 Å². The van der Waals surface area contributed by atoms with Crippen LogP contribution in [0.3, 0.4) is 0 Å². The van der Waals surface area contributed by atoms with Crippen LogP contribution in [0.25, 0.3) is 0 Å². The van der Waals surface area contributed by atoms with E-state index in [4.69, 9.17) is 16.7 Å². The zero-order valence-corrected chi connectivity index (χ0v) is 13.6. The average molecular weight is 352 g/mol. The summed E-state index contributed by atoms with van der Waals surface area (Å²) in [6.07, 6.45) is 4.52. The summed E-state index contributed by atoms with van der Waals surface area (Å²) in [5, 5.41) is 5.69. The van der Waals surface area contributed by atoms with Crippen LogP contribution in [0.2, 0.25) is 5.02 Å². The second kappa shape index (κ2) is 5.92. The van der Waals surface area contributed by atoms with Crippen molar-refractivity contribution in [2.45, 2.75) is 23.7 Å². The van der Waals surface area contributed by atoms with Gasteiger partial charge in [-0.15, -0.1) is 0 Å². The Morgan fingerprint density at radius 3 is 2.87 bits per heavy atom. The second-order valence-electron chi connectivity index (χ2n) is 5.37. The van der Waals surface area contributed by atoms with Gasteiger partial charge in [-0.1, -0.05) is 17.7 Å². The van der Waals surface area contributed by atoms with Crippen LogP contribution in [0.15, 0.2) is 40.4 Å². The van der Waals surface area contributed by atoms with Crippen molar-refractivity contribution in [2.75, 3.05) is 0 Å². The Morgan fingerprint density at radius 2 is 2.17 bits per heavy atom. The third-order valence-corrected chi connectivity index (χ3v) is 4.94. The third kappa shape index (κ3) is 3.36. The van der Waals surface area contributed by atoms with Crippen molar-refractivity contribution >= 4 is 33.7 Å². The lowest BCUT2D eigenvalue weighted by Gasteiger charge is -2.04. The van der Waals surface area contributed by atoms with Crippen molar-refractivity contribution in [3.05, 3.63) is 52.3 Å². The number of primary sulfonamides is 1. The van der Waals surface area contributed by atoms with Crippen LogP contribution in [0.1, 0.15) is 34.0 Å². The molecule has 1 amide bonds. The molecule has 0 aliphatic heterocycles. The molecule has 6 nitrogen and oxygen atoms in total. The Kier molecular flexibility index (Phi) is 4.09. The molecule has 1 aliphatic rings. The SMILES string of the molecule is NS(=O)(=O)c1c[nH]c(C(=O)N=CC2CCc3cc(Cl)ccc32)c1. The molecule has 1 aromatic carbocycles. The molecular weight excluding hydrogens is 338 g/mol. The lowest BCUT2D eigenvalue weighted by Crippen LogP contribution is -2.10. The Hall–Kier alpha value is -1.96. The number of carbonyl (C=O) groups is 1. The first-order chi connectivity index (χ1) is 10.8. The molecule has 3 rings (SSSR count). The van der Waals surface area contributed by atoms with Gasteiger partial charge >= 0.3 is 0 Å². The highest BCUT2D eigenvalue weighted by atomic mass is 35.5. The summed E-state index contributed by atoms with van der Waals surface area (Å²) < 4.78 is 22.4. The number of H-pyrrole nitrogens is 1. The molecule has 0 radical (unpaired) electrons. The summed E-state index contributed by atoms with van der Waals surface area (Å²) in [7, 11) is -3.84. The quantitative estimate of drug-likeness (QED) is 0.828. The van der Waals surface area contributed by atoms with Crippen molar-refractivity contribution in [1.82, 2.24) is 4.98 Å². The van der Waals surface area contributed by atoms with Gasteiger partial charge in [0.2, 0.25) is 10.0 Å². The fourth-order valence-electron chi connectivity index (χ4n) is 2.66. The van der Waals surface area contributed by atoms with Crippen LogP contribution in [0.4, 0.5) is 0 Å². The Labute approximate surface area is 138 Å². The summed E-state index contributed by atoms with van der Waals surface area (Å²) in [5.74, 6) is -0.485. The maximum atomic E-state index is 12.0. The molecule has 8 heteroatoms. The summed E-state index contributed by atoms with van der Waals surface area (Å²) in [6, 6.07) is 6.87. The van der Waals surface area contributed by atoms with Crippen LogP contribution in [0, 0.1) is 0 Å². The number of aromatic nitrogens is 1. The van der Waals surface area contributed by atoms with E-state index >= 15 is 0 Å². The fourth-order valence-corrected chi connectivity index (χ4v) is 3.36. The van der Waals surface area contributed by atoms with E-state index in [1.165, 1.54) is 12.3 Å². The number of sulfonamides is 1. The van der Waals surface area contributed by atoms with Gasteiger partial charge in [-0.05, 0) is 42.2 Å². The number of nitrogens with two attached hydrogens (primary N) is 1. The van der Waals surface area contributed by atoms with Crippen molar-refractivity contribution < 1.29 is 13.2 Å². The van der Waals surface area contributed by atoms with E-state index in [0.29, 0.717) is 5.02 Å². The normalized spacial score (nSPS) is 17.6. The van der Waals surface area contributed by atoms with E-state index in [1.54, 1.807) is 6.21 Å². The molecule has 1 aromatic heterocycles. The zero-order chi connectivity index (χ0) is 16.6. The average Bonchev–Trinajstić information content (AvgIpc) is 3.11. The van der Waals surface area contributed by atoms with Gasteiger partial charge in [0.05, 0.1) is 4.90 Å². The second-order valence-corrected chi connectivity index (χ2v) is 7.36. The number of aromatic amines is 1. The van der Waals surface area contributed by atoms with Crippen molar-refractivity contribution in [3.8, 4) is 0 Å². The molecule has 0 bridgehead atoms. The monoisotopic (exact) mass is 351 g/mol. The van der Waals surface area contributed by atoms with E-state index in [1.807, 2.05) is 18.2 Å². The van der Waals surface area contributed by atoms with Gasteiger partial charge in [0.25, 0.3) is 5.91 Å². The summed E-state index contributed by atoms with van der Waals surface area (Å²) >= 11 is 5.97. The lowest BCUT2D eigenvalue weighted by molar-refractivity contribution is 0.0999. The number of rotatable bonds is 3. The molecule has 0 saturated carbocycles. The largest absolute Gasteiger partial charge is 0.356 e. The van der Waals surface area contributed by atoms with Gasteiger partial charge < -0.3 is 4.98 Å². The Balaban J connectivity index is 1.77. The van der Waals surface area contributed by atoms with Crippen LogP contribution in [-0.4, -0.2) is 25.5 Å². The highest BCUT2D eigenvalue weighted by Crippen LogP contribution is 2.33. The summed E-state index contributed by atoms with van der Waals surface area (Å²) in [6.45, 7) is 0. The van der Waals surface area contributed by atoms with Crippen molar-refractivity contribution in [1.29, 1.82) is 0 Å². The molecule has 0 saturated heterocycles. The number of benzene rings is 1. The predicted octanol–water partition coefficient (Wildman–Crippen LogP) is 2.26. The molecule has 0 spiro atoms. The number of aliphatic imine (C=N–C) groups is 1. The topological polar surface area (TPSA) is 105 Å². The van der Waals surface area contributed by atoms with E-state index in [9.17, 15) is 13.2 Å². The highest BCUT2D eigenvalue weighted by Gasteiger charge is 2.21. The molecule has 3 N–H and O–H groups in total. The molecule has 2 aromatic rings. The Morgan fingerprint density at radius 1 is 1.39 bits per heavy atom. The van der Waals surface area contributed by atoms with Crippen LogP contribution in [0.5, 0.6) is 0 Å². The number of fused-ring (bicyclic) bond motifs is 1. The smallest absolute Gasteiger partial charge is 0.293 e. The van der Waals surface area contributed by atoms with E-state index in [2.05, 4.69) is 9.98 Å². The molecule has 1 heterocycles. The minimum absolute atomic E-state index is 0.0545. The minimum atomic E-state index is -3.84. The first-order valence-corrected chi connectivity index (χ1v) is 8.85. The molecule has 1 unspecified atom stereocenters. The predicted molar refractivity (Wildman–Crippen MR) is 87.5 cm³/mol. The van der Waals surface area contributed by atoms with Gasteiger partial charge in [-0.25, -0.2) is 18.5 Å². The number of hydrogen-bond acceptors (Lipinski definition) is 3. The number of aryl methyl sites for hydroxylation is 1. The third-order valence-electron chi connectivity index (χ3n) is 3.82. The maximum absolute atomic E-state index is 12.0. The molecule has 0 fully saturated rings. The van der Waals surface area contributed by atoms with Gasteiger partial charge in [-0.3, -0.25) is 4.79 Å². The standard InChI is InChI=1S/C15H14ClN3O3S/c16-11-3-4-13-9(5-11)1-2-10(13)7-19-15(20)14-6-12(8-18-14)23(17,21)22/h3-8,10,18H,1-2H2,(H2,17,21,22). The molecule has 1 aliphatic carbocycles. The molecule has 120 valence electrons. The van der Waals surface area contributed by atoms with E-state index in [0.717, 1.165) is 24.0 Å². The van der Waals surface area contributed by atoms with Gasteiger partial charge in [0.1, 0.15) is 5.69 Å². The molecule has 1 atom stereocenters. The van der Waals surface area contributed by atoms with E-state index < -0.39 is 15.9 Å². The fraction of sp³-hybridized carbons (Fsp3) is 0.200. The van der Waals surface area contributed by atoms with Crippen molar-refractivity contribution in [3.63, 3.8) is 0 Å². The number of amides is 1. The lowest BCUT2D eigenvalue weighted by atomic mass is 10.0. The number of halogens is 1. The zero-order valence-electron chi connectivity index (χ0n) is 12.0. The number of nitrogens with zero attached hydrogens (tertiary/aromatic N) is 1. The molecular formula is C15H14ClN3O3S. The van der Waals surface area contributed by atoms with Gasteiger partial charge in [0, 0.05) is 23.4 Å². The minimum Gasteiger partial charge on any atom is -0.356 e. The summed E-state index contributed by atoms with van der Waals surface area (Å²) in [4.78, 5) is 18.4. The number of nitrogens with one attached hydrogen (secondary N) is 1. The summed E-state index contributed by atoms with van der Waals surface area (Å²) in [5.41, 5.74) is 2.36. The maximum Gasteiger partial charge on any atom is 0.293 e. The highest BCUT2D eigenvalue weighted by molar-refractivity contribution is 7.89. The van der Waals surface area contributed by atoms with Crippen LogP contribution >= 0.6 is 11.6 Å². The first kappa shape index (κ1) is 15.9. The first-order valence-electron chi connectivity index (χ1n) is 6.92. The van der Waals surface area contributed by atoms with Gasteiger partial charge in [0.15, 0.2) is 0 Å². The van der Waals surface area contributed by atoms with Crippen LogP contribution < -0.4 is 5.14 Å².